The van der Waals surface area contributed by atoms with Crippen LogP contribution in [0.15, 0.2) is 158 Å². The Hall–Kier alpha value is -4.97. The van der Waals surface area contributed by atoms with Crippen LogP contribution in [0.4, 0.5) is 0 Å². The molecule has 0 fully saturated rings. The lowest BCUT2D eigenvalue weighted by Crippen LogP contribution is -2.30. The Balaban J connectivity index is 4.42. The topological polar surface area (TPSA) is 78.9 Å². The van der Waals surface area contributed by atoms with Gasteiger partial charge in [-0.25, -0.2) is 0 Å². The largest absolute Gasteiger partial charge is 0.462 e. The molecule has 80 heavy (non-hydrogen) atoms. The molecule has 0 heterocycles. The van der Waals surface area contributed by atoms with Crippen LogP contribution in [0.3, 0.4) is 0 Å². The van der Waals surface area contributed by atoms with Crippen LogP contribution in [0.25, 0.3) is 0 Å². The van der Waals surface area contributed by atoms with Crippen LogP contribution in [-0.4, -0.2) is 37.2 Å². The van der Waals surface area contributed by atoms with Gasteiger partial charge in [-0.1, -0.05) is 256 Å². The molecule has 0 radical (unpaired) electrons. The summed E-state index contributed by atoms with van der Waals surface area (Å²) < 4.78 is 16.9. The molecule has 0 amide bonds. The molecule has 450 valence electrons. The van der Waals surface area contributed by atoms with E-state index >= 15 is 0 Å². The summed E-state index contributed by atoms with van der Waals surface area (Å²) in [7, 11) is 0. The molecule has 1 atom stereocenters. The molecular weight excluding hydrogens is 985 g/mol. The minimum Gasteiger partial charge on any atom is -0.462 e. The van der Waals surface area contributed by atoms with Crippen LogP contribution in [0.1, 0.15) is 271 Å². The molecule has 0 aliphatic rings. The highest BCUT2D eigenvalue weighted by Crippen LogP contribution is 2.14. The van der Waals surface area contributed by atoms with Crippen LogP contribution in [0, 0.1) is 0 Å². The summed E-state index contributed by atoms with van der Waals surface area (Å²) in [6.07, 6.45) is 96.7. The maximum absolute atomic E-state index is 12.9. The number of unbranched alkanes of at least 4 members (excludes halogenated alkanes) is 20. The van der Waals surface area contributed by atoms with E-state index in [9.17, 15) is 14.4 Å². The van der Waals surface area contributed by atoms with E-state index in [-0.39, 0.29) is 31.1 Å². The van der Waals surface area contributed by atoms with Gasteiger partial charge in [0.05, 0.1) is 0 Å². The van der Waals surface area contributed by atoms with Crippen LogP contribution in [0.2, 0.25) is 0 Å². The van der Waals surface area contributed by atoms with Gasteiger partial charge in [0, 0.05) is 19.3 Å². The normalized spacial score (nSPS) is 13.2. The van der Waals surface area contributed by atoms with Crippen molar-refractivity contribution < 1.29 is 28.6 Å². The second-order valence-corrected chi connectivity index (χ2v) is 20.9. The summed E-state index contributed by atoms with van der Waals surface area (Å²) in [6.45, 7) is 6.42. The molecule has 0 spiro atoms. The van der Waals surface area contributed by atoms with Gasteiger partial charge in [-0.15, -0.1) is 0 Å². The van der Waals surface area contributed by atoms with Gasteiger partial charge in [-0.2, -0.15) is 0 Å². The third-order valence-electron chi connectivity index (χ3n) is 13.2. The average molecular weight is 1100 g/mol. The molecule has 0 saturated carbocycles. The fraction of sp³-hybridized carbons (Fsp3) is 0.608. The molecule has 0 aromatic heterocycles. The lowest BCUT2D eigenvalue weighted by molar-refractivity contribution is -0.167. The quantitative estimate of drug-likeness (QED) is 0.0261. The van der Waals surface area contributed by atoms with Crippen molar-refractivity contribution in [2.75, 3.05) is 13.2 Å². The van der Waals surface area contributed by atoms with Crippen LogP contribution in [-0.2, 0) is 28.6 Å². The molecule has 0 aliphatic carbocycles. The summed E-state index contributed by atoms with van der Waals surface area (Å²) in [6, 6.07) is 0. The molecule has 0 aromatic carbocycles. The van der Waals surface area contributed by atoms with Crippen LogP contribution in [0.5, 0.6) is 0 Å². The van der Waals surface area contributed by atoms with Crippen molar-refractivity contribution in [3.05, 3.63) is 158 Å². The van der Waals surface area contributed by atoms with Crippen molar-refractivity contribution in [1.82, 2.24) is 0 Å². The summed E-state index contributed by atoms with van der Waals surface area (Å²) in [5.41, 5.74) is 0. The zero-order valence-corrected chi connectivity index (χ0v) is 51.5. The number of rotatable bonds is 57. The molecule has 0 aromatic rings. The Morgan fingerprint density at radius 3 is 0.787 bits per heavy atom. The van der Waals surface area contributed by atoms with Crippen molar-refractivity contribution in [3.8, 4) is 0 Å². The van der Waals surface area contributed by atoms with E-state index in [4.69, 9.17) is 14.2 Å². The van der Waals surface area contributed by atoms with Crippen molar-refractivity contribution >= 4 is 17.9 Å². The highest BCUT2D eigenvalue weighted by atomic mass is 16.6. The molecule has 0 bridgehead atoms. The van der Waals surface area contributed by atoms with E-state index in [0.29, 0.717) is 19.3 Å². The van der Waals surface area contributed by atoms with E-state index in [1.807, 2.05) is 0 Å². The number of carbonyl (C=O) groups is 3. The predicted molar refractivity (Wildman–Crippen MR) is 348 cm³/mol. The maximum atomic E-state index is 12.9. The fourth-order valence-corrected chi connectivity index (χ4v) is 8.38. The average Bonchev–Trinajstić information content (AvgIpc) is 3.46. The SMILES string of the molecule is CC/C=C\C/C=C\C/C=C\C/C=C\C/C=C\C/C=C\C/C=C\C/C=C\C/C=C\CCCCCC(=O)OCC(COC(=O)CCCCCCC/C=C\CCCCC)OC(=O)CCCCCCCC/C=C\C/C=C\C/C=C\CCCCC. The van der Waals surface area contributed by atoms with E-state index in [2.05, 4.69) is 179 Å². The lowest BCUT2D eigenvalue weighted by Gasteiger charge is -2.18. The van der Waals surface area contributed by atoms with Crippen LogP contribution < -0.4 is 0 Å². The Bertz CT molecular complexity index is 1790. The van der Waals surface area contributed by atoms with Gasteiger partial charge in [0.15, 0.2) is 6.10 Å². The first-order valence-electron chi connectivity index (χ1n) is 32.5. The molecule has 0 rings (SSSR count). The molecule has 1 unspecified atom stereocenters. The third kappa shape index (κ3) is 63.9. The standard InChI is InChI=1S/C74H118O6/c1-4-7-10-13-16-19-22-25-27-29-31-32-33-34-35-36-37-38-39-40-41-42-44-45-47-49-52-55-58-61-64-67-73(76)79-70-71(69-78-72(75)66-63-60-57-54-51-24-21-18-15-12-9-6-3)80-74(77)68-65-62-59-56-53-50-48-46-43-30-28-26-23-20-17-14-11-8-5-2/h7,10,16-21,25-28,31-32,34-35,37-38,40-41,43-46,49,52,71H,4-6,8-9,11-15,22-24,29-30,33,36,39,42,47-48,50-51,53-70H2,1-3H3/b10-7-,19-16-,20-17-,21-18-,27-25-,28-26-,32-31-,35-34-,38-37-,41-40-,45-44-,46-43-,52-49-. The van der Waals surface area contributed by atoms with Gasteiger partial charge in [-0.05, 0) is 154 Å². The number of esters is 3. The number of allylic oxidation sites excluding steroid dienone is 26. The molecule has 0 N–H and O–H groups in total. The predicted octanol–water partition coefficient (Wildman–Crippen LogP) is 22.5. The van der Waals surface area contributed by atoms with Gasteiger partial charge in [-0.3, -0.25) is 14.4 Å². The summed E-state index contributed by atoms with van der Waals surface area (Å²) in [5, 5.41) is 0. The zero-order valence-electron chi connectivity index (χ0n) is 51.5. The van der Waals surface area contributed by atoms with E-state index in [1.54, 1.807) is 0 Å². The van der Waals surface area contributed by atoms with Crippen molar-refractivity contribution in [3.63, 3.8) is 0 Å². The number of hydrogen-bond acceptors (Lipinski definition) is 6. The molecular formula is C74H118O6. The Kier molecular flexibility index (Phi) is 62.4. The number of ether oxygens (including phenoxy) is 3. The van der Waals surface area contributed by atoms with Gasteiger partial charge < -0.3 is 14.2 Å². The second-order valence-electron chi connectivity index (χ2n) is 20.9. The van der Waals surface area contributed by atoms with Crippen molar-refractivity contribution in [2.24, 2.45) is 0 Å². The Morgan fingerprint density at radius 1 is 0.263 bits per heavy atom. The zero-order chi connectivity index (χ0) is 57.8. The maximum Gasteiger partial charge on any atom is 0.306 e. The van der Waals surface area contributed by atoms with Gasteiger partial charge in [0.25, 0.3) is 0 Å². The minimum absolute atomic E-state index is 0.104. The van der Waals surface area contributed by atoms with Gasteiger partial charge in [0.2, 0.25) is 0 Å². The van der Waals surface area contributed by atoms with Gasteiger partial charge in [0.1, 0.15) is 13.2 Å². The first kappa shape index (κ1) is 75.0. The first-order chi connectivity index (χ1) is 39.5. The van der Waals surface area contributed by atoms with E-state index < -0.39 is 6.10 Å². The van der Waals surface area contributed by atoms with Crippen LogP contribution >= 0.6 is 0 Å². The van der Waals surface area contributed by atoms with Crippen molar-refractivity contribution in [2.45, 2.75) is 277 Å². The summed E-state index contributed by atoms with van der Waals surface area (Å²) in [5.74, 6) is -0.963. The highest BCUT2D eigenvalue weighted by Gasteiger charge is 2.19. The smallest absolute Gasteiger partial charge is 0.306 e. The lowest BCUT2D eigenvalue weighted by atomic mass is 10.1. The third-order valence-corrected chi connectivity index (χ3v) is 13.2. The monoisotopic (exact) mass is 1100 g/mol. The fourth-order valence-electron chi connectivity index (χ4n) is 8.38. The highest BCUT2D eigenvalue weighted by molar-refractivity contribution is 5.71. The first-order valence-corrected chi connectivity index (χ1v) is 32.5. The molecule has 0 saturated heterocycles. The number of carbonyl (C=O) groups excluding carboxylic acids is 3. The summed E-state index contributed by atoms with van der Waals surface area (Å²) in [4.78, 5) is 38.3. The molecule has 6 nitrogen and oxygen atoms in total. The second kappa shape index (κ2) is 66.5. The van der Waals surface area contributed by atoms with E-state index in [0.717, 1.165) is 161 Å². The van der Waals surface area contributed by atoms with Gasteiger partial charge >= 0.3 is 17.9 Å². The molecule has 6 heteroatoms. The Morgan fingerprint density at radius 2 is 0.487 bits per heavy atom. The van der Waals surface area contributed by atoms with Crippen molar-refractivity contribution in [1.29, 1.82) is 0 Å². The summed E-state index contributed by atoms with van der Waals surface area (Å²) >= 11 is 0. The van der Waals surface area contributed by atoms with E-state index in [1.165, 1.54) is 70.6 Å². The molecule has 0 aliphatic heterocycles. The minimum atomic E-state index is -0.810. The Labute approximate surface area is 492 Å². The number of hydrogen-bond donors (Lipinski definition) is 0.